The van der Waals surface area contributed by atoms with Crippen LogP contribution >= 0.6 is 0 Å². The predicted molar refractivity (Wildman–Crippen MR) is 50.9 cm³/mol. The molecule has 1 aromatic carbocycles. The molecule has 70 valence electrons. The van der Waals surface area contributed by atoms with E-state index in [9.17, 15) is 5.11 Å². The van der Waals surface area contributed by atoms with Crippen LogP contribution in [0.2, 0.25) is 0 Å². The Balaban J connectivity index is 2.39. The molecule has 0 heterocycles. The quantitative estimate of drug-likeness (QED) is 0.750. The Kier molecular flexibility index (Phi) is 1.81. The van der Waals surface area contributed by atoms with E-state index in [1.165, 1.54) is 0 Å². The summed E-state index contributed by atoms with van der Waals surface area (Å²) in [5.41, 5.74) is 1.53. The van der Waals surface area contributed by atoms with Gasteiger partial charge in [0.25, 0.3) is 0 Å². The third kappa shape index (κ3) is 1.42. The van der Waals surface area contributed by atoms with Crippen LogP contribution in [0.3, 0.4) is 0 Å². The van der Waals surface area contributed by atoms with E-state index in [2.05, 4.69) is 0 Å². The number of ether oxygens (including phenoxy) is 1. The van der Waals surface area contributed by atoms with Gasteiger partial charge >= 0.3 is 0 Å². The molecular formula is C11H14O2. The fraction of sp³-hybridized carbons (Fsp3) is 0.455. The molecule has 1 aromatic rings. The molecule has 0 saturated heterocycles. The minimum absolute atomic E-state index is 0.555. The first-order chi connectivity index (χ1) is 6.15. The Morgan fingerprint density at radius 1 is 1.38 bits per heavy atom. The summed E-state index contributed by atoms with van der Waals surface area (Å²) in [7, 11) is 1.66. The zero-order chi connectivity index (χ0) is 9.47. The van der Waals surface area contributed by atoms with Crippen molar-refractivity contribution in [1.82, 2.24) is 0 Å². The zero-order valence-corrected chi connectivity index (χ0v) is 8.00. The minimum Gasteiger partial charge on any atom is -0.496 e. The lowest BCUT2D eigenvalue weighted by Gasteiger charge is -2.11. The number of hydrogen-bond acceptors (Lipinski definition) is 2. The maximum atomic E-state index is 9.86. The number of rotatable bonds is 2. The maximum Gasteiger partial charge on any atom is 0.122 e. The van der Waals surface area contributed by atoms with Crippen LogP contribution in [0.25, 0.3) is 0 Å². The third-order valence-corrected chi connectivity index (χ3v) is 2.67. The van der Waals surface area contributed by atoms with E-state index in [4.69, 9.17) is 4.74 Å². The molecule has 2 heteroatoms. The Hall–Kier alpha value is -1.02. The van der Waals surface area contributed by atoms with Gasteiger partial charge in [0.1, 0.15) is 5.75 Å². The second-order valence-corrected chi connectivity index (χ2v) is 3.72. The molecule has 2 nitrogen and oxygen atoms in total. The van der Waals surface area contributed by atoms with Gasteiger partial charge in [-0.1, -0.05) is 12.1 Å². The first-order valence-electron chi connectivity index (χ1n) is 4.53. The van der Waals surface area contributed by atoms with Crippen molar-refractivity contribution in [2.75, 3.05) is 7.11 Å². The van der Waals surface area contributed by atoms with Crippen molar-refractivity contribution in [3.63, 3.8) is 0 Å². The smallest absolute Gasteiger partial charge is 0.122 e. The normalized spacial score (nSPS) is 18.4. The summed E-state index contributed by atoms with van der Waals surface area (Å²) in [6.07, 6.45) is 1.75. The maximum absolute atomic E-state index is 9.86. The van der Waals surface area contributed by atoms with E-state index in [1.54, 1.807) is 7.11 Å². The summed E-state index contributed by atoms with van der Waals surface area (Å²) in [5.74, 6) is 0.859. The average molecular weight is 178 g/mol. The molecule has 1 fully saturated rings. The van der Waals surface area contributed by atoms with Crippen LogP contribution < -0.4 is 4.74 Å². The molecule has 0 amide bonds. The van der Waals surface area contributed by atoms with Crippen LogP contribution in [0.1, 0.15) is 24.0 Å². The first kappa shape index (κ1) is 8.57. The summed E-state index contributed by atoms with van der Waals surface area (Å²) in [4.78, 5) is 0. The van der Waals surface area contributed by atoms with E-state index in [1.807, 2.05) is 25.1 Å². The Morgan fingerprint density at radius 2 is 2.08 bits per heavy atom. The molecule has 0 radical (unpaired) electrons. The average Bonchev–Trinajstić information content (AvgIpc) is 2.86. The number of aliphatic hydroxyl groups is 1. The van der Waals surface area contributed by atoms with Gasteiger partial charge in [-0.3, -0.25) is 0 Å². The van der Waals surface area contributed by atoms with Crippen LogP contribution in [-0.4, -0.2) is 12.2 Å². The lowest BCUT2D eigenvalue weighted by molar-refractivity contribution is 0.151. The minimum atomic E-state index is -0.555. The van der Waals surface area contributed by atoms with E-state index in [-0.39, 0.29) is 0 Å². The number of benzene rings is 1. The molecule has 13 heavy (non-hydrogen) atoms. The van der Waals surface area contributed by atoms with Gasteiger partial charge in [-0.2, -0.15) is 0 Å². The van der Waals surface area contributed by atoms with Gasteiger partial charge in [-0.15, -0.1) is 0 Å². The van der Waals surface area contributed by atoms with Crippen LogP contribution in [0.15, 0.2) is 18.2 Å². The monoisotopic (exact) mass is 178 g/mol. The van der Waals surface area contributed by atoms with Crippen LogP contribution in [0.4, 0.5) is 0 Å². The number of methoxy groups -OCH3 is 1. The third-order valence-electron chi connectivity index (χ3n) is 2.67. The van der Waals surface area contributed by atoms with Gasteiger partial charge in [0.15, 0.2) is 0 Å². The van der Waals surface area contributed by atoms with Crippen LogP contribution in [-0.2, 0) is 5.60 Å². The van der Waals surface area contributed by atoms with E-state index in [0.29, 0.717) is 0 Å². The van der Waals surface area contributed by atoms with Crippen molar-refractivity contribution >= 4 is 0 Å². The highest BCUT2D eigenvalue weighted by atomic mass is 16.5. The molecule has 0 unspecified atom stereocenters. The fourth-order valence-electron chi connectivity index (χ4n) is 1.52. The molecule has 1 saturated carbocycles. The molecule has 2 rings (SSSR count). The number of hydrogen-bond donors (Lipinski definition) is 1. The SMILES string of the molecule is COc1cc(C2(O)CC2)ccc1C. The molecule has 1 N–H and O–H groups in total. The van der Waals surface area contributed by atoms with Gasteiger partial charge in [0.05, 0.1) is 12.7 Å². The summed E-state index contributed by atoms with van der Waals surface area (Å²) >= 11 is 0. The second-order valence-electron chi connectivity index (χ2n) is 3.72. The van der Waals surface area contributed by atoms with Crippen molar-refractivity contribution in [2.24, 2.45) is 0 Å². The van der Waals surface area contributed by atoms with Gasteiger partial charge in [0.2, 0.25) is 0 Å². The van der Waals surface area contributed by atoms with Crippen LogP contribution in [0, 0.1) is 6.92 Å². The summed E-state index contributed by atoms with van der Waals surface area (Å²) in [6, 6.07) is 5.90. The van der Waals surface area contributed by atoms with Crippen molar-refractivity contribution in [1.29, 1.82) is 0 Å². The Bertz CT molecular complexity index is 327. The van der Waals surface area contributed by atoms with Gasteiger partial charge < -0.3 is 9.84 Å². The lowest BCUT2D eigenvalue weighted by atomic mass is 10.1. The highest BCUT2D eigenvalue weighted by molar-refractivity contribution is 5.40. The largest absolute Gasteiger partial charge is 0.496 e. The number of aryl methyl sites for hydroxylation is 1. The topological polar surface area (TPSA) is 29.5 Å². The highest BCUT2D eigenvalue weighted by Gasteiger charge is 2.42. The van der Waals surface area contributed by atoms with Crippen LogP contribution in [0.5, 0.6) is 5.75 Å². The molecule has 0 bridgehead atoms. The van der Waals surface area contributed by atoms with E-state index >= 15 is 0 Å². The molecule has 0 aromatic heterocycles. The van der Waals surface area contributed by atoms with Crippen molar-refractivity contribution in [3.8, 4) is 5.75 Å². The van der Waals surface area contributed by atoms with Crippen molar-refractivity contribution in [2.45, 2.75) is 25.4 Å². The summed E-state index contributed by atoms with van der Waals surface area (Å²) < 4.78 is 5.20. The Labute approximate surface area is 78.2 Å². The summed E-state index contributed by atoms with van der Waals surface area (Å²) in [5, 5.41) is 9.86. The van der Waals surface area contributed by atoms with Crippen molar-refractivity contribution in [3.05, 3.63) is 29.3 Å². The molecule has 0 aliphatic heterocycles. The Morgan fingerprint density at radius 3 is 2.62 bits per heavy atom. The molecular weight excluding hydrogens is 164 g/mol. The fourth-order valence-corrected chi connectivity index (χ4v) is 1.52. The predicted octanol–water partition coefficient (Wildman–Crippen LogP) is 1.99. The standard InChI is InChI=1S/C11H14O2/c1-8-3-4-9(7-10(8)13-2)11(12)5-6-11/h3-4,7,12H,5-6H2,1-2H3. The van der Waals surface area contributed by atoms with Gasteiger partial charge in [-0.25, -0.2) is 0 Å². The van der Waals surface area contributed by atoms with Crippen molar-refractivity contribution < 1.29 is 9.84 Å². The van der Waals surface area contributed by atoms with E-state index < -0.39 is 5.60 Å². The zero-order valence-electron chi connectivity index (χ0n) is 8.00. The molecule has 1 aliphatic carbocycles. The first-order valence-corrected chi connectivity index (χ1v) is 4.53. The molecule has 0 atom stereocenters. The molecule has 0 spiro atoms. The highest BCUT2D eigenvalue weighted by Crippen LogP contribution is 2.46. The molecule has 1 aliphatic rings. The van der Waals surface area contributed by atoms with E-state index in [0.717, 1.165) is 29.7 Å². The van der Waals surface area contributed by atoms with Gasteiger partial charge in [0, 0.05) is 0 Å². The summed E-state index contributed by atoms with van der Waals surface area (Å²) in [6.45, 7) is 2.00. The second kappa shape index (κ2) is 2.74. The van der Waals surface area contributed by atoms with Gasteiger partial charge in [-0.05, 0) is 37.0 Å². The lowest BCUT2D eigenvalue weighted by Crippen LogP contribution is -2.04.